The smallest absolute Gasteiger partial charge is 0.262 e. The SMILES string of the molecule is CCCC[C@H](C(=O)N1CCOCCOCCN(C(=O)[C@H](CCCC)N2C(=O)c3ccccc3C2=O)CCOCC1)N1C(=O)c2ccccc2C1=O. The number of carbonyl (C=O) groups is 6. The highest BCUT2D eigenvalue weighted by molar-refractivity contribution is 6.23. The van der Waals surface area contributed by atoms with Gasteiger partial charge in [-0.1, -0.05) is 63.8 Å². The summed E-state index contributed by atoms with van der Waals surface area (Å²) in [6.45, 7) is 5.93. The molecule has 5 rings (SSSR count). The van der Waals surface area contributed by atoms with E-state index in [0.717, 1.165) is 22.6 Å². The van der Waals surface area contributed by atoms with Gasteiger partial charge in [0.2, 0.25) is 11.8 Å². The van der Waals surface area contributed by atoms with E-state index in [0.29, 0.717) is 47.9 Å². The van der Waals surface area contributed by atoms with E-state index in [1.807, 2.05) is 13.8 Å². The van der Waals surface area contributed by atoms with Crippen LogP contribution in [0.15, 0.2) is 48.5 Å². The summed E-state index contributed by atoms with van der Waals surface area (Å²) in [6.07, 6.45) is 3.51. The minimum atomic E-state index is -0.974. The van der Waals surface area contributed by atoms with Crippen LogP contribution in [0.5, 0.6) is 0 Å². The van der Waals surface area contributed by atoms with Gasteiger partial charge in [-0.3, -0.25) is 38.6 Å². The van der Waals surface area contributed by atoms with Crippen LogP contribution in [0, 0.1) is 0 Å². The third kappa shape index (κ3) is 8.54. The first-order valence-electron chi connectivity index (χ1n) is 18.0. The van der Waals surface area contributed by atoms with Crippen LogP contribution in [0.3, 0.4) is 0 Å². The molecule has 0 aromatic heterocycles. The number of ether oxygens (including phenoxy) is 3. The van der Waals surface area contributed by atoms with E-state index in [1.54, 1.807) is 58.3 Å². The number of benzene rings is 2. The van der Waals surface area contributed by atoms with Crippen molar-refractivity contribution in [1.29, 1.82) is 0 Å². The fraction of sp³-hybridized carbons (Fsp3) is 0.526. The normalized spacial score (nSPS) is 19.0. The Hall–Kier alpha value is -4.46. The van der Waals surface area contributed by atoms with E-state index in [-0.39, 0.29) is 77.6 Å². The van der Waals surface area contributed by atoms with Gasteiger partial charge in [0.05, 0.1) is 61.9 Å². The number of amides is 6. The Balaban J connectivity index is 1.28. The fourth-order valence-corrected chi connectivity index (χ4v) is 6.71. The Kier molecular flexibility index (Phi) is 13.5. The molecular formula is C38H48N4O9. The molecule has 0 N–H and O–H groups in total. The molecule has 3 heterocycles. The lowest BCUT2D eigenvalue weighted by Crippen LogP contribution is -2.52. The predicted octanol–water partition coefficient (Wildman–Crippen LogP) is 3.42. The van der Waals surface area contributed by atoms with Gasteiger partial charge < -0.3 is 24.0 Å². The van der Waals surface area contributed by atoms with Gasteiger partial charge in [-0.15, -0.1) is 0 Å². The van der Waals surface area contributed by atoms with Gasteiger partial charge in [0.15, 0.2) is 0 Å². The summed E-state index contributed by atoms with van der Waals surface area (Å²) in [4.78, 5) is 87.1. The van der Waals surface area contributed by atoms with Gasteiger partial charge >= 0.3 is 0 Å². The van der Waals surface area contributed by atoms with Gasteiger partial charge in [0, 0.05) is 26.2 Å². The zero-order valence-corrected chi connectivity index (χ0v) is 29.6. The highest BCUT2D eigenvalue weighted by Crippen LogP contribution is 2.29. The number of imide groups is 2. The van der Waals surface area contributed by atoms with E-state index in [9.17, 15) is 28.8 Å². The number of carbonyl (C=O) groups excluding carboxylic acids is 6. The van der Waals surface area contributed by atoms with Crippen molar-refractivity contribution in [2.45, 2.75) is 64.5 Å². The first-order chi connectivity index (χ1) is 24.8. The molecule has 0 bridgehead atoms. The van der Waals surface area contributed by atoms with Crippen LogP contribution < -0.4 is 0 Å². The molecule has 2 aromatic rings. The largest absolute Gasteiger partial charge is 0.378 e. The molecule has 2 aromatic carbocycles. The monoisotopic (exact) mass is 704 g/mol. The molecule has 0 radical (unpaired) electrons. The van der Waals surface area contributed by atoms with Gasteiger partial charge in [-0.2, -0.15) is 0 Å². The van der Waals surface area contributed by atoms with Gasteiger partial charge in [-0.05, 0) is 37.1 Å². The topological polar surface area (TPSA) is 143 Å². The molecule has 1 saturated heterocycles. The van der Waals surface area contributed by atoms with Crippen LogP contribution in [0.4, 0.5) is 0 Å². The lowest BCUT2D eigenvalue weighted by Gasteiger charge is -2.32. The molecule has 13 nitrogen and oxygen atoms in total. The van der Waals surface area contributed by atoms with Crippen LogP contribution >= 0.6 is 0 Å². The summed E-state index contributed by atoms with van der Waals surface area (Å²) >= 11 is 0. The summed E-state index contributed by atoms with van der Waals surface area (Å²) in [6, 6.07) is 11.2. The highest BCUT2D eigenvalue weighted by Gasteiger charge is 2.45. The maximum atomic E-state index is 14.1. The van der Waals surface area contributed by atoms with E-state index >= 15 is 0 Å². The predicted molar refractivity (Wildman–Crippen MR) is 186 cm³/mol. The number of nitrogens with zero attached hydrogens (tertiary/aromatic N) is 4. The standard InChI is InChI=1S/C38H48N4O9/c1-3-5-15-31(41-33(43)27-11-7-8-12-28(27)34(41)44)37(47)39-17-21-49-22-18-40(20-24-51-26-25-50-23-19-39)38(48)32(16-6-4-2)42-35(45)29-13-9-10-14-30(29)36(42)46/h7-14,31-32H,3-6,15-26H2,1-2H3/t31-,32+. The summed E-state index contributed by atoms with van der Waals surface area (Å²) in [5.41, 5.74) is 1.17. The number of unbranched alkanes of at least 4 members (excludes halogenated alkanes) is 2. The number of fused-ring (bicyclic) bond motifs is 2. The third-order valence-corrected chi connectivity index (χ3v) is 9.52. The molecule has 3 aliphatic rings. The molecule has 274 valence electrons. The van der Waals surface area contributed by atoms with Crippen LogP contribution in [-0.2, 0) is 23.8 Å². The number of hydrogen-bond acceptors (Lipinski definition) is 9. The first kappa shape index (κ1) is 37.8. The van der Waals surface area contributed by atoms with Crippen molar-refractivity contribution in [2.24, 2.45) is 0 Å². The van der Waals surface area contributed by atoms with Crippen molar-refractivity contribution in [3.8, 4) is 0 Å². The summed E-state index contributed by atoms with van der Waals surface area (Å²) in [7, 11) is 0. The minimum absolute atomic E-state index is 0.130. The quantitative estimate of drug-likeness (QED) is 0.340. The van der Waals surface area contributed by atoms with E-state index in [1.165, 1.54) is 0 Å². The third-order valence-electron chi connectivity index (χ3n) is 9.52. The van der Waals surface area contributed by atoms with E-state index in [4.69, 9.17) is 14.2 Å². The highest BCUT2D eigenvalue weighted by atomic mass is 16.5. The molecule has 51 heavy (non-hydrogen) atoms. The van der Waals surface area contributed by atoms with Crippen molar-refractivity contribution < 1.29 is 43.0 Å². The maximum absolute atomic E-state index is 14.1. The average molecular weight is 705 g/mol. The van der Waals surface area contributed by atoms with E-state index < -0.39 is 35.7 Å². The molecule has 0 aliphatic carbocycles. The first-order valence-corrected chi connectivity index (χ1v) is 18.0. The van der Waals surface area contributed by atoms with Crippen molar-refractivity contribution in [3.63, 3.8) is 0 Å². The Morgan fingerprint density at radius 3 is 1.12 bits per heavy atom. The zero-order chi connectivity index (χ0) is 36.3. The Morgan fingerprint density at radius 2 is 0.824 bits per heavy atom. The molecule has 3 aliphatic heterocycles. The number of rotatable bonds is 10. The molecule has 0 saturated carbocycles. The van der Waals surface area contributed by atoms with Crippen LogP contribution in [0.25, 0.3) is 0 Å². The molecule has 0 spiro atoms. The van der Waals surface area contributed by atoms with Crippen molar-refractivity contribution in [1.82, 2.24) is 19.6 Å². The van der Waals surface area contributed by atoms with E-state index in [2.05, 4.69) is 0 Å². The Bertz CT molecular complexity index is 1410. The summed E-state index contributed by atoms with van der Waals surface area (Å²) in [5.74, 6) is -2.62. The summed E-state index contributed by atoms with van der Waals surface area (Å²) in [5, 5.41) is 0. The van der Waals surface area contributed by atoms with Gasteiger partial charge in [0.1, 0.15) is 12.1 Å². The van der Waals surface area contributed by atoms with Crippen molar-refractivity contribution in [2.75, 3.05) is 65.8 Å². The molecule has 1 fully saturated rings. The Morgan fingerprint density at radius 1 is 0.529 bits per heavy atom. The fourth-order valence-electron chi connectivity index (χ4n) is 6.71. The minimum Gasteiger partial charge on any atom is -0.378 e. The van der Waals surface area contributed by atoms with Crippen molar-refractivity contribution in [3.05, 3.63) is 70.8 Å². The molecule has 2 atom stereocenters. The molecule has 0 unspecified atom stereocenters. The maximum Gasteiger partial charge on any atom is 0.262 e. The lowest BCUT2D eigenvalue weighted by molar-refractivity contribution is -0.137. The second-order valence-electron chi connectivity index (χ2n) is 12.9. The average Bonchev–Trinajstić information content (AvgIpc) is 3.54. The van der Waals surface area contributed by atoms with Crippen molar-refractivity contribution >= 4 is 35.4 Å². The van der Waals surface area contributed by atoms with Crippen LogP contribution in [0.2, 0.25) is 0 Å². The molecular weight excluding hydrogens is 656 g/mol. The molecule has 13 heteroatoms. The lowest BCUT2D eigenvalue weighted by atomic mass is 10.1. The van der Waals surface area contributed by atoms with Crippen LogP contribution in [0.1, 0.15) is 93.8 Å². The van der Waals surface area contributed by atoms with Gasteiger partial charge in [0.25, 0.3) is 23.6 Å². The second-order valence-corrected chi connectivity index (χ2v) is 12.9. The van der Waals surface area contributed by atoms with Crippen LogP contribution in [-0.4, -0.2) is 133 Å². The summed E-state index contributed by atoms with van der Waals surface area (Å²) < 4.78 is 17.5. The van der Waals surface area contributed by atoms with Gasteiger partial charge in [-0.25, -0.2) is 0 Å². The molecule has 6 amide bonds. The number of hydrogen-bond donors (Lipinski definition) is 0. The zero-order valence-electron chi connectivity index (χ0n) is 29.6. The second kappa shape index (κ2) is 18.2. The Labute approximate surface area is 298 Å².